The van der Waals surface area contributed by atoms with Gasteiger partial charge in [-0.1, -0.05) is 61.9 Å². The largest absolute Gasteiger partial charge is 0.377 e. The third-order valence-corrected chi connectivity index (χ3v) is 6.05. The van der Waals surface area contributed by atoms with Crippen molar-refractivity contribution in [2.75, 3.05) is 24.3 Å². The van der Waals surface area contributed by atoms with Crippen molar-refractivity contribution in [2.24, 2.45) is 5.92 Å². The molecule has 1 atom stereocenters. The average molecular weight is 472 g/mol. The maximum atomic E-state index is 13.8. The minimum Gasteiger partial charge on any atom is -0.377 e. The number of nitrogens with one attached hydrogen (secondary N) is 1. The number of anilines is 2. The summed E-state index contributed by atoms with van der Waals surface area (Å²) in [4.78, 5) is 30.2. The lowest BCUT2D eigenvalue weighted by Crippen LogP contribution is -2.34. The van der Waals surface area contributed by atoms with E-state index in [9.17, 15) is 9.59 Å². The molecule has 5 nitrogen and oxygen atoms in total. The molecular weight excluding hydrogens is 434 g/mol. The Morgan fingerprint density at radius 3 is 2.23 bits per heavy atom. The van der Waals surface area contributed by atoms with Crippen LogP contribution in [0.15, 0.2) is 72.8 Å². The topological polar surface area (TPSA) is 52.7 Å². The number of aryl methyl sites for hydroxylation is 1. The summed E-state index contributed by atoms with van der Waals surface area (Å²) in [5.41, 5.74) is 5.51. The molecule has 5 heteroatoms. The van der Waals surface area contributed by atoms with Crippen LogP contribution in [0.1, 0.15) is 60.3 Å². The van der Waals surface area contributed by atoms with E-state index in [2.05, 4.69) is 24.4 Å². The maximum absolute atomic E-state index is 13.8. The van der Waals surface area contributed by atoms with Crippen LogP contribution in [0.5, 0.6) is 0 Å². The summed E-state index contributed by atoms with van der Waals surface area (Å²) in [6, 6.07) is 23.6. The fraction of sp³-hybridized carbons (Fsp3) is 0.333. The van der Waals surface area contributed by atoms with Gasteiger partial charge in [-0.3, -0.25) is 9.59 Å². The zero-order chi connectivity index (χ0) is 25.5. The highest BCUT2D eigenvalue weighted by molar-refractivity contribution is 5.95. The number of carbonyl (C=O) groups excluding carboxylic acids is 2. The molecule has 0 saturated heterocycles. The van der Waals surface area contributed by atoms with E-state index in [1.54, 1.807) is 0 Å². The zero-order valence-electron chi connectivity index (χ0n) is 21.7. The summed E-state index contributed by atoms with van der Waals surface area (Å²) < 4.78 is 0. The van der Waals surface area contributed by atoms with Crippen molar-refractivity contribution in [3.63, 3.8) is 0 Å². The molecule has 184 valence electrons. The summed E-state index contributed by atoms with van der Waals surface area (Å²) in [5.74, 6) is 0.252. The molecule has 3 aromatic carbocycles. The Morgan fingerprint density at radius 2 is 1.60 bits per heavy atom. The van der Waals surface area contributed by atoms with E-state index in [4.69, 9.17) is 0 Å². The standard InChI is InChI=1S/C30H37N3O2/c1-21(2)17-29(34)31-27-15-16-28(32(5)6)26(19-27)20-33(23(4)24-12-8-7-9-13-24)30(35)25-14-10-11-22(3)18-25/h7-16,18-19,21,23H,17,20H2,1-6H3,(H,31,34)/t23-/m0/s1. The Labute approximate surface area is 209 Å². The highest BCUT2D eigenvalue weighted by atomic mass is 16.2. The van der Waals surface area contributed by atoms with Gasteiger partial charge in [-0.25, -0.2) is 0 Å². The summed E-state index contributed by atoms with van der Waals surface area (Å²) >= 11 is 0. The lowest BCUT2D eigenvalue weighted by Gasteiger charge is -2.32. The number of hydrogen-bond acceptors (Lipinski definition) is 3. The highest BCUT2D eigenvalue weighted by Crippen LogP contribution is 2.30. The number of hydrogen-bond donors (Lipinski definition) is 1. The van der Waals surface area contributed by atoms with Gasteiger partial charge < -0.3 is 15.1 Å². The molecule has 3 aromatic rings. The fourth-order valence-corrected chi connectivity index (χ4v) is 4.23. The van der Waals surface area contributed by atoms with Crippen molar-refractivity contribution < 1.29 is 9.59 Å². The Bertz CT molecular complexity index is 1160. The number of amides is 2. The number of benzene rings is 3. The van der Waals surface area contributed by atoms with Gasteiger partial charge in [-0.2, -0.15) is 0 Å². The van der Waals surface area contributed by atoms with Gasteiger partial charge in [0.05, 0.1) is 6.04 Å². The highest BCUT2D eigenvalue weighted by Gasteiger charge is 2.25. The second-order valence-electron chi connectivity index (χ2n) is 9.77. The van der Waals surface area contributed by atoms with Crippen molar-refractivity contribution in [3.8, 4) is 0 Å². The van der Waals surface area contributed by atoms with Crippen LogP contribution in [0.4, 0.5) is 11.4 Å². The Hall–Kier alpha value is -3.60. The smallest absolute Gasteiger partial charge is 0.254 e. The third kappa shape index (κ3) is 6.95. The van der Waals surface area contributed by atoms with Crippen molar-refractivity contribution in [1.29, 1.82) is 0 Å². The molecule has 0 fully saturated rings. The van der Waals surface area contributed by atoms with Crippen LogP contribution >= 0.6 is 0 Å². The summed E-state index contributed by atoms with van der Waals surface area (Å²) in [6.45, 7) is 8.52. The first kappa shape index (κ1) is 26.0. The van der Waals surface area contributed by atoms with E-state index in [0.29, 0.717) is 18.5 Å². The van der Waals surface area contributed by atoms with E-state index < -0.39 is 0 Å². The maximum Gasteiger partial charge on any atom is 0.254 e. The minimum atomic E-state index is -0.140. The summed E-state index contributed by atoms with van der Waals surface area (Å²) in [7, 11) is 3.98. The van der Waals surface area contributed by atoms with Crippen molar-refractivity contribution in [3.05, 3.63) is 95.1 Å². The predicted molar refractivity (Wildman–Crippen MR) is 145 cm³/mol. The van der Waals surface area contributed by atoms with E-state index in [0.717, 1.165) is 28.1 Å². The van der Waals surface area contributed by atoms with Gasteiger partial charge >= 0.3 is 0 Å². The number of carbonyl (C=O) groups is 2. The second-order valence-corrected chi connectivity index (χ2v) is 9.77. The molecule has 0 bridgehead atoms. The zero-order valence-corrected chi connectivity index (χ0v) is 21.7. The quantitative estimate of drug-likeness (QED) is 0.390. The minimum absolute atomic E-state index is 0.00565. The molecule has 0 heterocycles. The van der Waals surface area contributed by atoms with Gasteiger partial charge in [0.2, 0.25) is 5.91 Å². The molecule has 0 saturated carbocycles. The van der Waals surface area contributed by atoms with Crippen molar-refractivity contribution >= 4 is 23.2 Å². The third-order valence-electron chi connectivity index (χ3n) is 6.05. The van der Waals surface area contributed by atoms with Gasteiger partial charge in [0.15, 0.2) is 0 Å². The normalized spacial score (nSPS) is 11.7. The van der Waals surface area contributed by atoms with Crippen molar-refractivity contribution in [1.82, 2.24) is 4.90 Å². The van der Waals surface area contributed by atoms with Gasteiger partial charge in [0, 0.05) is 44.0 Å². The van der Waals surface area contributed by atoms with Gasteiger partial charge in [0.1, 0.15) is 0 Å². The van der Waals surface area contributed by atoms with Gasteiger partial charge in [-0.15, -0.1) is 0 Å². The van der Waals surface area contributed by atoms with Crippen LogP contribution in [-0.4, -0.2) is 30.8 Å². The Morgan fingerprint density at radius 1 is 0.886 bits per heavy atom. The fourth-order valence-electron chi connectivity index (χ4n) is 4.23. The molecule has 0 unspecified atom stereocenters. The average Bonchev–Trinajstić information content (AvgIpc) is 2.81. The molecule has 0 aromatic heterocycles. The number of rotatable bonds is 9. The lowest BCUT2D eigenvalue weighted by atomic mass is 10.0. The van der Waals surface area contributed by atoms with Crippen LogP contribution in [0.3, 0.4) is 0 Å². The predicted octanol–water partition coefficient (Wildman–Crippen LogP) is 6.45. The lowest BCUT2D eigenvalue weighted by molar-refractivity contribution is -0.116. The molecule has 0 aliphatic rings. The Kier molecular flexibility index (Phi) is 8.69. The molecule has 2 amide bonds. The van der Waals surface area contributed by atoms with Crippen LogP contribution < -0.4 is 10.2 Å². The first-order valence-electron chi connectivity index (χ1n) is 12.2. The van der Waals surface area contributed by atoms with E-state index in [1.807, 2.05) is 105 Å². The van der Waals surface area contributed by atoms with Crippen LogP contribution in [0, 0.1) is 12.8 Å². The molecule has 0 radical (unpaired) electrons. The van der Waals surface area contributed by atoms with Crippen LogP contribution in [0.2, 0.25) is 0 Å². The van der Waals surface area contributed by atoms with Gasteiger partial charge in [-0.05, 0) is 61.2 Å². The molecule has 0 aliphatic carbocycles. The molecule has 3 rings (SSSR count). The molecular formula is C30H37N3O2. The van der Waals surface area contributed by atoms with E-state index >= 15 is 0 Å². The summed E-state index contributed by atoms with van der Waals surface area (Å²) in [5, 5.41) is 3.02. The van der Waals surface area contributed by atoms with E-state index in [-0.39, 0.29) is 23.8 Å². The summed E-state index contributed by atoms with van der Waals surface area (Å²) in [6.07, 6.45) is 0.466. The Balaban J connectivity index is 2.01. The molecule has 1 N–H and O–H groups in total. The molecule has 0 aliphatic heterocycles. The van der Waals surface area contributed by atoms with Crippen LogP contribution in [0.25, 0.3) is 0 Å². The van der Waals surface area contributed by atoms with Crippen LogP contribution in [-0.2, 0) is 11.3 Å². The van der Waals surface area contributed by atoms with Crippen molar-refractivity contribution in [2.45, 2.75) is 46.7 Å². The van der Waals surface area contributed by atoms with E-state index in [1.165, 1.54) is 0 Å². The number of nitrogens with zero attached hydrogens (tertiary/aromatic N) is 2. The van der Waals surface area contributed by atoms with Gasteiger partial charge in [0.25, 0.3) is 5.91 Å². The first-order valence-corrected chi connectivity index (χ1v) is 12.2. The monoisotopic (exact) mass is 471 g/mol. The molecule has 35 heavy (non-hydrogen) atoms. The first-order chi connectivity index (χ1) is 16.7. The molecule has 0 spiro atoms. The second kappa shape index (κ2) is 11.7. The SMILES string of the molecule is Cc1cccc(C(=O)N(Cc2cc(NC(=O)CC(C)C)ccc2N(C)C)[C@@H](C)c2ccccc2)c1.